The van der Waals surface area contributed by atoms with Gasteiger partial charge in [-0.1, -0.05) is 17.7 Å². The highest BCUT2D eigenvalue weighted by Gasteiger charge is 2.25. The second-order valence-corrected chi connectivity index (χ2v) is 7.23. The molecule has 2 N–H and O–H groups in total. The van der Waals surface area contributed by atoms with Crippen LogP contribution in [0.3, 0.4) is 0 Å². The number of anilines is 1. The maximum atomic E-state index is 11.6. The molecule has 0 atom stereocenters. The Hall–Kier alpha value is -3.39. The van der Waals surface area contributed by atoms with Crippen molar-refractivity contribution in [2.45, 2.75) is 13.0 Å². The minimum atomic E-state index is -0.451. The van der Waals surface area contributed by atoms with Gasteiger partial charge >= 0.3 is 5.97 Å². The SMILES string of the molecule is COC(=O)c1cnc(N2CCc3n[nH]c(-c4ccc(Cl)c5[nH]ccc45)c3C2)nc1. The minimum absolute atomic E-state index is 0.328. The number of aromatic nitrogens is 5. The summed E-state index contributed by atoms with van der Waals surface area (Å²) < 4.78 is 4.70. The van der Waals surface area contributed by atoms with Gasteiger partial charge in [-0.3, -0.25) is 5.10 Å². The van der Waals surface area contributed by atoms with Crippen LogP contribution in [0.1, 0.15) is 21.6 Å². The molecule has 1 aliphatic rings. The van der Waals surface area contributed by atoms with Gasteiger partial charge in [-0.2, -0.15) is 5.10 Å². The first-order valence-electron chi connectivity index (χ1n) is 9.13. The lowest BCUT2D eigenvalue weighted by Gasteiger charge is -2.27. The van der Waals surface area contributed by atoms with Crippen LogP contribution in [0.15, 0.2) is 36.8 Å². The molecule has 0 unspecified atom stereocenters. The van der Waals surface area contributed by atoms with Crippen molar-refractivity contribution in [2.75, 3.05) is 18.6 Å². The van der Waals surface area contributed by atoms with Crippen molar-refractivity contribution in [3.05, 3.63) is 58.6 Å². The summed E-state index contributed by atoms with van der Waals surface area (Å²) >= 11 is 6.31. The predicted octanol–water partition coefficient (Wildman–Crippen LogP) is 3.35. The first-order chi connectivity index (χ1) is 14.2. The third kappa shape index (κ3) is 2.92. The van der Waals surface area contributed by atoms with Crippen LogP contribution < -0.4 is 4.90 Å². The summed E-state index contributed by atoms with van der Waals surface area (Å²) in [6, 6.07) is 5.91. The van der Waals surface area contributed by atoms with Crippen molar-refractivity contribution in [1.82, 2.24) is 25.1 Å². The first-order valence-corrected chi connectivity index (χ1v) is 9.51. The number of methoxy groups -OCH3 is 1. The molecule has 0 fully saturated rings. The maximum Gasteiger partial charge on any atom is 0.341 e. The van der Waals surface area contributed by atoms with E-state index in [2.05, 4.69) is 30.0 Å². The van der Waals surface area contributed by atoms with Gasteiger partial charge < -0.3 is 14.6 Å². The fourth-order valence-corrected chi connectivity index (χ4v) is 3.95. The molecule has 0 bridgehead atoms. The summed E-state index contributed by atoms with van der Waals surface area (Å²) in [5.74, 6) is 0.117. The van der Waals surface area contributed by atoms with Crippen LogP contribution in [-0.4, -0.2) is 44.8 Å². The molecule has 9 heteroatoms. The van der Waals surface area contributed by atoms with E-state index in [9.17, 15) is 4.79 Å². The molecule has 5 rings (SSSR count). The van der Waals surface area contributed by atoms with Gasteiger partial charge in [0.1, 0.15) is 0 Å². The summed E-state index contributed by atoms with van der Waals surface area (Å²) in [4.78, 5) is 25.6. The quantitative estimate of drug-likeness (QED) is 0.504. The number of rotatable bonds is 3. The second-order valence-electron chi connectivity index (χ2n) is 6.82. The molecule has 0 saturated heterocycles. The van der Waals surface area contributed by atoms with Crippen molar-refractivity contribution in [3.8, 4) is 11.3 Å². The van der Waals surface area contributed by atoms with E-state index in [-0.39, 0.29) is 0 Å². The Morgan fingerprint density at radius 3 is 2.86 bits per heavy atom. The Morgan fingerprint density at radius 1 is 1.24 bits per heavy atom. The molecule has 0 radical (unpaired) electrons. The number of aromatic amines is 2. The van der Waals surface area contributed by atoms with Crippen molar-refractivity contribution < 1.29 is 9.53 Å². The molecule has 1 aliphatic heterocycles. The fourth-order valence-electron chi connectivity index (χ4n) is 3.73. The molecule has 0 amide bonds. The third-order valence-corrected chi connectivity index (χ3v) is 5.52. The Labute approximate surface area is 170 Å². The van der Waals surface area contributed by atoms with E-state index >= 15 is 0 Å². The van der Waals surface area contributed by atoms with Crippen LogP contribution in [0.2, 0.25) is 5.02 Å². The Kier molecular flexibility index (Phi) is 4.21. The summed E-state index contributed by atoms with van der Waals surface area (Å²) in [6.07, 6.45) is 5.63. The zero-order valence-corrected chi connectivity index (χ0v) is 16.3. The number of carbonyl (C=O) groups is 1. The molecule has 0 saturated carbocycles. The zero-order valence-electron chi connectivity index (χ0n) is 15.6. The third-order valence-electron chi connectivity index (χ3n) is 5.20. The standard InChI is InChI=1S/C20H17ClN6O2/c1-29-19(28)11-8-23-20(24-9-11)27-7-5-16-14(10-27)17(26-25-16)12-2-3-15(21)18-13(12)4-6-22-18/h2-4,6,8-9,22H,5,7,10H2,1H3,(H,25,26). The van der Waals surface area contributed by atoms with Gasteiger partial charge in [0.25, 0.3) is 0 Å². The van der Waals surface area contributed by atoms with Crippen LogP contribution in [-0.2, 0) is 17.7 Å². The van der Waals surface area contributed by atoms with Crippen LogP contribution in [0.25, 0.3) is 22.2 Å². The van der Waals surface area contributed by atoms with E-state index in [1.165, 1.54) is 19.5 Å². The average molecular weight is 409 g/mol. The second kappa shape index (κ2) is 6.89. The number of nitrogens with zero attached hydrogens (tertiary/aromatic N) is 4. The fraction of sp³-hybridized carbons (Fsp3) is 0.200. The van der Waals surface area contributed by atoms with E-state index in [0.717, 1.165) is 46.4 Å². The summed E-state index contributed by atoms with van der Waals surface area (Å²) in [5, 5.41) is 9.45. The number of benzene rings is 1. The number of fused-ring (bicyclic) bond motifs is 2. The topological polar surface area (TPSA) is 99.8 Å². The molecule has 4 heterocycles. The highest BCUT2D eigenvalue weighted by atomic mass is 35.5. The van der Waals surface area contributed by atoms with Crippen LogP contribution in [0.5, 0.6) is 0 Å². The smallest absolute Gasteiger partial charge is 0.341 e. The van der Waals surface area contributed by atoms with E-state index in [0.29, 0.717) is 23.1 Å². The van der Waals surface area contributed by atoms with Gasteiger partial charge in [-0.25, -0.2) is 14.8 Å². The van der Waals surface area contributed by atoms with Gasteiger partial charge in [0.2, 0.25) is 5.95 Å². The highest BCUT2D eigenvalue weighted by Crippen LogP contribution is 2.36. The van der Waals surface area contributed by atoms with Crippen molar-refractivity contribution in [2.24, 2.45) is 0 Å². The summed E-state index contributed by atoms with van der Waals surface area (Å²) in [7, 11) is 1.33. The van der Waals surface area contributed by atoms with Crippen LogP contribution >= 0.6 is 11.6 Å². The largest absolute Gasteiger partial charge is 0.465 e. The molecule has 8 nitrogen and oxygen atoms in total. The lowest BCUT2D eigenvalue weighted by atomic mass is 9.99. The molecule has 1 aromatic carbocycles. The predicted molar refractivity (Wildman–Crippen MR) is 109 cm³/mol. The summed E-state index contributed by atoms with van der Waals surface area (Å²) in [6.45, 7) is 1.36. The van der Waals surface area contributed by atoms with Crippen molar-refractivity contribution >= 4 is 34.4 Å². The van der Waals surface area contributed by atoms with Crippen molar-refractivity contribution in [3.63, 3.8) is 0 Å². The monoisotopic (exact) mass is 408 g/mol. The van der Waals surface area contributed by atoms with Crippen molar-refractivity contribution in [1.29, 1.82) is 0 Å². The summed E-state index contributed by atoms with van der Waals surface area (Å²) in [5.41, 5.74) is 5.40. The molecule has 29 heavy (non-hydrogen) atoms. The number of hydrogen-bond acceptors (Lipinski definition) is 6. The van der Waals surface area contributed by atoms with Crippen LogP contribution in [0.4, 0.5) is 5.95 Å². The number of halogens is 1. The molecular weight excluding hydrogens is 392 g/mol. The maximum absolute atomic E-state index is 11.6. The normalized spacial score (nSPS) is 13.5. The van der Waals surface area contributed by atoms with E-state index in [1.54, 1.807) is 0 Å². The van der Waals surface area contributed by atoms with Gasteiger partial charge in [0.05, 0.1) is 34.6 Å². The highest BCUT2D eigenvalue weighted by molar-refractivity contribution is 6.35. The molecule has 0 aliphatic carbocycles. The lowest BCUT2D eigenvalue weighted by Crippen LogP contribution is -2.31. The molecule has 4 aromatic rings. The van der Waals surface area contributed by atoms with E-state index in [1.807, 2.05) is 24.4 Å². The number of ether oxygens (including phenoxy) is 1. The number of nitrogens with one attached hydrogen (secondary N) is 2. The lowest BCUT2D eigenvalue weighted by molar-refractivity contribution is 0.0600. The molecule has 3 aromatic heterocycles. The number of esters is 1. The average Bonchev–Trinajstić information content (AvgIpc) is 3.41. The van der Waals surface area contributed by atoms with Gasteiger partial charge in [0.15, 0.2) is 0 Å². The Bertz CT molecular complexity index is 1210. The first kappa shape index (κ1) is 17.7. The Balaban J connectivity index is 1.50. The van der Waals surface area contributed by atoms with Gasteiger partial charge in [-0.05, 0) is 12.1 Å². The number of carbonyl (C=O) groups excluding carboxylic acids is 1. The number of H-pyrrole nitrogens is 2. The van der Waals surface area contributed by atoms with Gasteiger partial charge in [-0.15, -0.1) is 0 Å². The van der Waals surface area contributed by atoms with E-state index in [4.69, 9.17) is 16.3 Å². The molecule has 146 valence electrons. The Morgan fingerprint density at radius 2 is 2.07 bits per heavy atom. The van der Waals surface area contributed by atoms with Gasteiger partial charge in [0, 0.05) is 54.6 Å². The zero-order chi connectivity index (χ0) is 20.0. The van der Waals surface area contributed by atoms with Crippen LogP contribution in [0, 0.1) is 0 Å². The van der Waals surface area contributed by atoms with E-state index < -0.39 is 5.97 Å². The minimum Gasteiger partial charge on any atom is -0.465 e. The number of hydrogen-bond donors (Lipinski definition) is 2. The molecular formula is C20H17ClN6O2. The molecule has 0 spiro atoms.